The Labute approximate surface area is 146 Å². The second kappa shape index (κ2) is 7.30. The first-order chi connectivity index (χ1) is 11.1. The summed E-state index contributed by atoms with van der Waals surface area (Å²) in [7, 11) is -3.18. The van der Waals surface area contributed by atoms with Gasteiger partial charge in [-0.2, -0.15) is 0 Å². The Morgan fingerprint density at radius 2 is 2.00 bits per heavy atom. The molecule has 1 aliphatic rings. The smallest absolute Gasteiger partial charge is 0.214 e. The van der Waals surface area contributed by atoms with E-state index < -0.39 is 10.0 Å². The van der Waals surface area contributed by atoms with Gasteiger partial charge in [-0.1, -0.05) is 42.6 Å². The zero-order valence-electron chi connectivity index (χ0n) is 12.7. The number of nitrogens with zero attached hydrogens (tertiary/aromatic N) is 1. The molecule has 1 saturated carbocycles. The summed E-state index contributed by atoms with van der Waals surface area (Å²) >= 11 is 7.71. The van der Waals surface area contributed by atoms with Crippen LogP contribution in [0.25, 0.3) is 10.6 Å². The van der Waals surface area contributed by atoms with Gasteiger partial charge < -0.3 is 0 Å². The molecule has 23 heavy (non-hydrogen) atoms. The van der Waals surface area contributed by atoms with Gasteiger partial charge in [0.05, 0.1) is 16.0 Å². The quantitative estimate of drug-likeness (QED) is 0.839. The zero-order chi connectivity index (χ0) is 16.3. The number of rotatable bonds is 6. The third kappa shape index (κ3) is 4.12. The lowest BCUT2D eigenvalue weighted by atomic mass is 10.2. The maximum atomic E-state index is 12.1. The summed E-state index contributed by atoms with van der Waals surface area (Å²) in [4.78, 5) is 4.56. The van der Waals surface area contributed by atoms with E-state index in [1.54, 1.807) is 0 Å². The van der Waals surface area contributed by atoms with E-state index in [-0.39, 0.29) is 5.25 Å². The highest BCUT2D eigenvalue weighted by Gasteiger charge is 2.28. The third-order valence-corrected chi connectivity index (χ3v) is 7.29. The predicted octanol–water partition coefficient (Wildman–Crippen LogP) is 3.87. The molecule has 0 aliphatic heterocycles. The summed E-state index contributed by atoms with van der Waals surface area (Å²) in [5, 5.41) is 3.29. The fraction of sp³-hybridized carbons (Fsp3) is 0.438. The molecule has 0 radical (unpaired) electrons. The molecule has 0 spiro atoms. The highest BCUT2D eigenvalue weighted by molar-refractivity contribution is 7.90. The largest absolute Gasteiger partial charge is 0.241 e. The Hall–Kier alpha value is -0.950. The molecule has 0 bridgehead atoms. The van der Waals surface area contributed by atoms with Crippen LogP contribution in [0.15, 0.2) is 29.6 Å². The van der Waals surface area contributed by atoms with Gasteiger partial charge in [0.1, 0.15) is 5.01 Å². The number of sulfonamides is 1. The maximum absolute atomic E-state index is 12.1. The van der Waals surface area contributed by atoms with Crippen molar-refractivity contribution >= 4 is 33.0 Å². The molecule has 4 nitrogen and oxygen atoms in total. The van der Waals surface area contributed by atoms with Crippen LogP contribution in [0.3, 0.4) is 0 Å². The van der Waals surface area contributed by atoms with Crippen LogP contribution in [0.2, 0.25) is 5.02 Å². The minimum atomic E-state index is -3.18. The van der Waals surface area contributed by atoms with Crippen LogP contribution in [0, 0.1) is 0 Å². The molecule has 0 amide bonds. The van der Waals surface area contributed by atoms with Crippen LogP contribution in [-0.2, 0) is 16.4 Å². The van der Waals surface area contributed by atoms with Gasteiger partial charge in [0, 0.05) is 23.9 Å². The molecule has 1 fully saturated rings. The van der Waals surface area contributed by atoms with E-state index in [4.69, 9.17) is 11.6 Å². The Bertz CT molecular complexity index is 768. The summed E-state index contributed by atoms with van der Waals surface area (Å²) in [6.07, 6.45) is 4.18. The first-order valence-corrected chi connectivity index (χ1v) is 10.5. The van der Waals surface area contributed by atoms with E-state index in [1.807, 2.05) is 29.6 Å². The number of thiazole rings is 1. The van der Waals surface area contributed by atoms with Gasteiger partial charge >= 0.3 is 0 Å². The molecule has 3 rings (SSSR count). The molecule has 2 aromatic rings. The Kier molecular flexibility index (Phi) is 5.36. The molecule has 0 unspecified atom stereocenters. The topological polar surface area (TPSA) is 59.1 Å². The lowest BCUT2D eigenvalue weighted by molar-refractivity contribution is 0.564. The molecule has 1 heterocycles. The van der Waals surface area contributed by atoms with E-state index in [1.165, 1.54) is 11.3 Å². The summed E-state index contributed by atoms with van der Waals surface area (Å²) in [6.45, 7) is 0.393. The van der Waals surface area contributed by atoms with Crippen LogP contribution < -0.4 is 4.72 Å². The maximum Gasteiger partial charge on any atom is 0.214 e. The van der Waals surface area contributed by atoms with E-state index in [0.717, 1.165) is 41.9 Å². The molecule has 7 heteroatoms. The van der Waals surface area contributed by atoms with Crippen molar-refractivity contribution in [3.8, 4) is 10.6 Å². The van der Waals surface area contributed by atoms with Gasteiger partial charge in [-0.25, -0.2) is 18.1 Å². The molecule has 124 valence electrons. The lowest BCUT2D eigenvalue weighted by Gasteiger charge is -2.11. The van der Waals surface area contributed by atoms with E-state index in [9.17, 15) is 8.42 Å². The number of hydrogen-bond donors (Lipinski definition) is 1. The highest BCUT2D eigenvalue weighted by atomic mass is 35.5. The molecule has 1 aliphatic carbocycles. The van der Waals surface area contributed by atoms with Gasteiger partial charge in [0.2, 0.25) is 10.0 Å². The highest BCUT2D eigenvalue weighted by Crippen LogP contribution is 2.30. The van der Waals surface area contributed by atoms with Crippen molar-refractivity contribution in [3.05, 3.63) is 40.4 Å². The van der Waals surface area contributed by atoms with E-state index >= 15 is 0 Å². The second-order valence-electron chi connectivity index (χ2n) is 5.72. The molecule has 0 atom stereocenters. The van der Waals surface area contributed by atoms with Crippen molar-refractivity contribution in [1.29, 1.82) is 0 Å². The number of halogens is 1. The van der Waals surface area contributed by atoms with Crippen molar-refractivity contribution in [3.63, 3.8) is 0 Å². The number of benzene rings is 1. The van der Waals surface area contributed by atoms with Gasteiger partial charge in [-0.15, -0.1) is 11.3 Å². The summed E-state index contributed by atoms with van der Waals surface area (Å²) in [5.74, 6) is 0. The molecule has 1 aromatic heterocycles. The first kappa shape index (κ1) is 16.9. The zero-order valence-corrected chi connectivity index (χ0v) is 15.1. The van der Waals surface area contributed by atoms with Crippen LogP contribution in [-0.4, -0.2) is 25.2 Å². The predicted molar refractivity (Wildman–Crippen MR) is 95.4 cm³/mol. The van der Waals surface area contributed by atoms with Crippen LogP contribution in [0.5, 0.6) is 0 Å². The minimum absolute atomic E-state index is 0.211. The standard InChI is InChI=1S/C16H19ClN2O2S2/c17-15-8-4-3-7-14(15)16-19-12(11-22-16)9-10-18-23(20,21)13-5-1-2-6-13/h3-4,7-8,11,13,18H,1-2,5-6,9-10H2. The van der Waals surface area contributed by atoms with Crippen molar-refractivity contribution in [2.45, 2.75) is 37.4 Å². The third-order valence-electron chi connectivity index (χ3n) is 4.08. The average molecular weight is 371 g/mol. The van der Waals surface area contributed by atoms with Gasteiger partial charge in [-0.05, 0) is 18.9 Å². The molecular formula is C16H19ClN2O2S2. The van der Waals surface area contributed by atoms with E-state index in [0.29, 0.717) is 18.0 Å². The van der Waals surface area contributed by atoms with Crippen molar-refractivity contribution < 1.29 is 8.42 Å². The Morgan fingerprint density at radius 3 is 2.74 bits per heavy atom. The van der Waals surface area contributed by atoms with Gasteiger partial charge in [0.15, 0.2) is 0 Å². The lowest BCUT2D eigenvalue weighted by Crippen LogP contribution is -2.34. The van der Waals surface area contributed by atoms with E-state index in [2.05, 4.69) is 9.71 Å². The fourth-order valence-electron chi connectivity index (χ4n) is 2.82. The molecular weight excluding hydrogens is 352 g/mol. The number of hydrogen-bond acceptors (Lipinski definition) is 4. The van der Waals surface area contributed by atoms with Crippen molar-refractivity contribution in [2.24, 2.45) is 0 Å². The number of nitrogens with one attached hydrogen (secondary N) is 1. The molecule has 1 N–H and O–H groups in total. The summed E-state index contributed by atoms with van der Waals surface area (Å²) < 4.78 is 27.0. The molecule has 1 aromatic carbocycles. The second-order valence-corrected chi connectivity index (χ2v) is 9.03. The van der Waals surface area contributed by atoms with Gasteiger partial charge in [-0.3, -0.25) is 0 Å². The van der Waals surface area contributed by atoms with Crippen molar-refractivity contribution in [2.75, 3.05) is 6.54 Å². The van der Waals surface area contributed by atoms with Crippen LogP contribution in [0.1, 0.15) is 31.4 Å². The monoisotopic (exact) mass is 370 g/mol. The van der Waals surface area contributed by atoms with Crippen molar-refractivity contribution in [1.82, 2.24) is 9.71 Å². The fourth-order valence-corrected chi connectivity index (χ4v) is 5.57. The number of aromatic nitrogens is 1. The average Bonchev–Trinajstić information content (AvgIpc) is 3.19. The summed E-state index contributed by atoms with van der Waals surface area (Å²) in [6, 6.07) is 7.59. The summed E-state index contributed by atoms with van der Waals surface area (Å²) in [5.41, 5.74) is 1.80. The minimum Gasteiger partial charge on any atom is -0.241 e. The normalized spacial score (nSPS) is 16.0. The van der Waals surface area contributed by atoms with Crippen LogP contribution >= 0.6 is 22.9 Å². The Morgan fingerprint density at radius 1 is 1.26 bits per heavy atom. The first-order valence-electron chi connectivity index (χ1n) is 7.74. The van der Waals surface area contributed by atoms with Crippen LogP contribution in [0.4, 0.5) is 0 Å². The van der Waals surface area contributed by atoms with Gasteiger partial charge in [0.25, 0.3) is 0 Å². The SMILES string of the molecule is O=S(=O)(NCCc1csc(-c2ccccc2Cl)n1)C1CCCC1. The molecule has 0 saturated heterocycles. The Balaban J connectivity index is 1.59.